The molecule has 0 spiro atoms. The zero-order chi connectivity index (χ0) is 12.4. The maximum Gasteiger partial charge on any atom is 0.241 e. The molecule has 0 radical (unpaired) electrons. The number of benzene rings is 1. The summed E-state index contributed by atoms with van der Waals surface area (Å²) in [5.41, 5.74) is 7.34. The minimum absolute atomic E-state index is 0.132. The van der Waals surface area contributed by atoms with Gasteiger partial charge in [-0.2, -0.15) is 0 Å². The second kappa shape index (κ2) is 4.53. The van der Waals surface area contributed by atoms with Crippen LogP contribution in [0.2, 0.25) is 0 Å². The summed E-state index contributed by atoms with van der Waals surface area (Å²) in [7, 11) is 3.41. The van der Waals surface area contributed by atoms with Gasteiger partial charge in [0.15, 0.2) is 0 Å². The zero-order valence-electron chi connectivity index (χ0n) is 10.1. The number of hydrogen-bond acceptors (Lipinski definition) is 4. The molecule has 1 aliphatic rings. The third kappa shape index (κ3) is 2.27. The Kier molecular flexibility index (Phi) is 3.08. The molecule has 92 valence electrons. The van der Waals surface area contributed by atoms with Gasteiger partial charge in [0.05, 0.1) is 19.3 Å². The van der Waals surface area contributed by atoms with Gasteiger partial charge in [-0.05, 0) is 12.1 Å². The van der Waals surface area contributed by atoms with E-state index in [-0.39, 0.29) is 5.91 Å². The normalized spacial score (nSPS) is 16.2. The van der Waals surface area contributed by atoms with Crippen LogP contribution in [0.1, 0.15) is 0 Å². The maximum absolute atomic E-state index is 11.6. The first-order valence-electron chi connectivity index (χ1n) is 5.54. The Morgan fingerprint density at radius 2 is 2.12 bits per heavy atom. The van der Waals surface area contributed by atoms with Crippen molar-refractivity contribution in [1.82, 2.24) is 4.90 Å². The number of ether oxygens (including phenoxy) is 1. The molecule has 5 heteroatoms. The lowest BCUT2D eigenvalue weighted by molar-refractivity contribution is -0.129. The molecule has 1 amide bonds. The van der Waals surface area contributed by atoms with E-state index in [1.54, 1.807) is 18.1 Å². The minimum Gasteiger partial charge on any atom is -0.495 e. The molecule has 17 heavy (non-hydrogen) atoms. The number of amides is 1. The van der Waals surface area contributed by atoms with E-state index in [1.807, 2.05) is 24.1 Å². The van der Waals surface area contributed by atoms with Gasteiger partial charge in [-0.15, -0.1) is 0 Å². The Bertz CT molecular complexity index is 434. The second-order valence-corrected chi connectivity index (χ2v) is 4.16. The van der Waals surface area contributed by atoms with E-state index in [0.29, 0.717) is 18.0 Å². The molecular weight excluding hydrogens is 218 g/mol. The molecule has 0 saturated carbocycles. The van der Waals surface area contributed by atoms with Crippen LogP contribution >= 0.6 is 0 Å². The average Bonchev–Trinajstić information content (AvgIpc) is 2.33. The van der Waals surface area contributed by atoms with Crippen molar-refractivity contribution in [2.24, 2.45) is 0 Å². The highest BCUT2D eigenvalue weighted by Crippen LogP contribution is 2.27. The minimum atomic E-state index is 0.132. The van der Waals surface area contributed by atoms with Gasteiger partial charge in [-0.1, -0.05) is 0 Å². The Hall–Kier alpha value is -1.91. The van der Waals surface area contributed by atoms with Crippen LogP contribution in [-0.4, -0.2) is 44.6 Å². The van der Waals surface area contributed by atoms with Crippen LogP contribution in [0, 0.1) is 0 Å². The number of piperazine rings is 1. The number of nitrogens with zero attached hydrogens (tertiary/aromatic N) is 2. The smallest absolute Gasteiger partial charge is 0.241 e. The highest BCUT2D eigenvalue weighted by molar-refractivity contribution is 5.83. The Morgan fingerprint density at radius 1 is 1.35 bits per heavy atom. The van der Waals surface area contributed by atoms with E-state index in [4.69, 9.17) is 10.5 Å². The van der Waals surface area contributed by atoms with Gasteiger partial charge in [0, 0.05) is 31.9 Å². The summed E-state index contributed by atoms with van der Waals surface area (Å²) < 4.78 is 5.18. The van der Waals surface area contributed by atoms with E-state index >= 15 is 0 Å². The summed E-state index contributed by atoms with van der Waals surface area (Å²) >= 11 is 0. The molecule has 0 atom stereocenters. The van der Waals surface area contributed by atoms with Gasteiger partial charge in [-0.3, -0.25) is 4.79 Å². The van der Waals surface area contributed by atoms with Crippen molar-refractivity contribution in [3.8, 4) is 5.75 Å². The first kappa shape index (κ1) is 11.6. The molecule has 0 unspecified atom stereocenters. The van der Waals surface area contributed by atoms with E-state index in [9.17, 15) is 4.79 Å². The lowest BCUT2D eigenvalue weighted by atomic mass is 10.2. The maximum atomic E-state index is 11.6. The number of nitrogen functional groups attached to an aromatic ring is 1. The highest BCUT2D eigenvalue weighted by Gasteiger charge is 2.21. The lowest BCUT2D eigenvalue weighted by Crippen LogP contribution is -2.48. The zero-order valence-corrected chi connectivity index (χ0v) is 10.1. The van der Waals surface area contributed by atoms with Crippen LogP contribution in [0.4, 0.5) is 11.4 Å². The third-order valence-corrected chi connectivity index (χ3v) is 3.04. The summed E-state index contributed by atoms with van der Waals surface area (Å²) in [6, 6.07) is 5.58. The molecule has 1 fully saturated rings. The Balaban J connectivity index is 2.20. The van der Waals surface area contributed by atoms with Crippen LogP contribution in [-0.2, 0) is 4.79 Å². The van der Waals surface area contributed by atoms with Crippen molar-refractivity contribution < 1.29 is 9.53 Å². The van der Waals surface area contributed by atoms with Crippen molar-refractivity contribution in [3.05, 3.63) is 18.2 Å². The van der Waals surface area contributed by atoms with Gasteiger partial charge in [-0.25, -0.2) is 0 Å². The standard InChI is InChI=1S/C12H17N3O2/c1-14-5-6-15(8-12(14)16)9-3-4-10(13)11(7-9)17-2/h3-4,7H,5-6,8,13H2,1-2H3. The van der Waals surface area contributed by atoms with E-state index in [1.165, 1.54) is 0 Å². The monoisotopic (exact) mass is 235 g/mol. The molecular formula is C12H17N3O2. The molecule has 0 aromatic heterocycles. The Labute approximate surface area is 101 Å². The number of hydrogen-bond donors (Lipinski definition) is 1. The van der Waals surface area contributed by atoms with Gasteiger partial charge >= 0.3 is 0 Å². The number of anilines is 2. The summed E-state index contributed by atoms with van der Waals surface area (Å²) in [6.07, 6.45) is 0. The predicted octanol–water partition coefficient (Wildman–Crippen LogP) is 0.556. The quantitative estimate of drug-likeness (QED) is 0.761. The van der Waals surface area contributed by atoms with Gasteiger partial charge < -0.3 is 20.3 Å². The predicted molar refractivity (Wildman–Crippen MR) is 67.3 cm³/mol. The first-order chi connectivity index (χ1) is 8.11. The number of carbonyl (C=O) groups is 1. The molecule has 0 aliphatic carbocycles. The number of likely N-dealkylation sites (N-methyl/N-ethyl adjacent to an activating group) is 1. The SMILES string of the molecule is COc1cc(N2CCN(C)C(=O)C2)ccc1N. The van der Waals surface area contributed by atoms with Crippen molar-refractivity contribution in [2.45, 2.75) is 0 Å². The third-order valence-electron chi connectivity index (χ3n) is 3.04. The molecule has 1 heterocycles. The van der Waals surface area contributed by atoms with Crippen LogP contribution in [0.25, 0.3) is 0 Å². The molecule has 1 aromatic carbocycles. The first-order valence-corrected chi connectivity index (χ1v) is 5.54. The van der Waals surface area contributed by atoms with E-state index < -0.39 is 0 Å². The van der Waals surface area contributed by atoms with Crippen LogP contribution in [0.3, 0.4) is 0 Å². The molecule has 5 nitrogen and oxygen atoms in total. The van der Waals surface area contributed by atoms with Crippen molar-refractivity contribution in [1.29, 1.82) is 0 Å². The number of nitrogens with two attached hydrogens (primary N) is 1. The van der Waals surface area contributed by atoms with Gasteiger partial charge in [0.2, 0.25) is 5.91 Å². The summed E-state index contributed by atoms with van der Waals surface area (Å²) in [6.45, 7) is 1.98. The summed E-state index contributed by atoms with van der Waals surface area (Å²) in [5.74, 6) is 0.779. The lowest BCUT2D eigenvalue weighted by Gasteiger charge is -2.33. The number of carbonyl (C=O) groups excluding carboxylic acids is 1. The molecule has 2 N–H and O–H groups in total. The average molecular weight is 235 g/mol. The number of methoxy groups -OCH3 is 1. The van der Waals surface area contributed by atoms with E-state index in [2.05, 4.69) is 0 Å². The van der Waals surface area contributed by atoms with Crippen LogP contribution < -0.4 is 15.4 Å². The highest BCUT2D eigenvalue weighted by atomic mass is 16.5. The van der Waals surface area contributed by atoms with Crippen molar-refractivity contribution in [2.75, 3.05) is 44.4 Å². The van der Waals surface area contributed by atoms with Gasteiger partial charge in [0.25, 0.3) is 0 Å². The van der Waals surface area contributed by atoms with Crippen LogP contribution in [0.15, 0.2) is 18.2 Å². The molecule has 1 aliphatic heterocycles. The van der Waals surface area contributed by atoms with Gasteiger partial charge in [0.1, 0.15) is 5.75 Å². The summed E-state index contributed by atoms with van der Waals surface area (Å²) in [4.78, 5) is 15.4. The van der Waals surface area contributed by atoms with Crippen LogP contribution in [0.5, 0.6) is 5.75 Å². The fraction of sp³-hybridized carbons (Fsp3) is 0.417. The molecule has 1 aromatic rings. The number of rotatable bonds is 2. The molecule has 1 saturated heterocycles. The largest absolute Gasteiger partial charge is 0.495 e. The van der Waals surface area contributed by atoms with E-state index in [0.717, 1.165) is 18.8 Å². The Morgan fingerprint density at radius 3 is 2.76 bits per heavy atom. The fourth-order valence-electron chi connectivity index (χ4n) is 1.88. The van der Waals surface area contributed by atoms with Crippen molar-refractivity contribution >= 4 is 17.3 Å². The fourth-order valence-corrected chi connectivity index (χ4v) is 1.88. The summed E-state index contributed by atoms with van der Waals surface area (Å²) in [5, 5.41) is 0. The topological polar surface area (TPSA) is 58.8 Å². The molecule has 0 bridgehead atoms. The second-order valence-electron chi connectivity index (χ2n) is 4.16. The van der Waals surface area contributed by atoms with Crippen molar-refractivity contribution in [3.63, 3.8) is 0 Å². The molecule has 2 rings (SSSR count).